The molecule has 0 unspecified atom stereocenters. The quantitative estimate of drug-likeness (QED) is 0.718. The lowest BCUT2D eigenvalue weighted by molar-refractivity contribution is 0.0526. The normalized spacial score (nSPS) is 10.3. The van der Waals surface area contributed by atoms with Gasteiger partial charge in [-0.2, -0.15) is 0 Å². The molecule has 1 rings (SSSR count). The van der Waals surface area contributed by atoms with E-state index in [0.717, 1.165) is 0 Å². The molecule has 0 radical (unpaired) electrons. The van der Waals surface area contributed by atoms with Gasteiger partial charge in [0, 0.05) is 19.7 Å². The number of pyridine rings is 1. The number of aliphatic hydroxyl groups excluding tert-OH is 1. The number of hydrogen-bond acceptors (Lipinski definition) is 6. The van der Waals surface area contributed by atoms with Crippen LogP contribution in [0.5, 0.6) is 0 Å². The van der Waals surface area contributed by atoms with Crippen LogP contribution in [0.3, 0.4) is 0 Å². The highest BCUT2D eigenvalue weighted by Gasteiger charge is 2.18. The smallest absolute Gasteiger partial charge is 0.341 e. The van der Waals surface area contributed by atoms with Gasteiger partial charge in [0.15, 0.2) is 0 Å². The number of nitrogen functional groups attached to an aromatic ring is 1. The summed E-state index contributed by atoms with van der Waals surface area (Å²) in [6.07, 6.45) is 2.13. The van der Waals surface area contributed by atoms with Gasteiger partial charge in [-0.3, -0.25) is 0 Å². The van der Waals surface area contributed by atoms with Crippen LogP contribution in [0.25, 0.3) is 0 Å². The van der Waals surface area contributed by atoms with E-state index in [2.05, 4.69) is 4.98 Å². The van der Waals surface area contributed by atoms with Crippen molar-refractivity contribution in [3.8, 4) is 0 Å². The minimum Gasteiger partial charge on any atom is -0.462 e. The maximum atomic E-state index is 11.9. The van der Waals surface area contributed by atoms with Gasteiger partial charge < -0.3 is 20.5 Å². The van der Waals surface area contributed by atoms with Crippen LogP contribution in [0, 0.1) is 0 Å². The first kappa shape index (κ1) is 15.2. The summed E-state index contributed by atoms with van der Waals surface area (Å²) in [6, 6.07) is 1.57. The third kappa shape index (κ3) is 4.10. The maximum Gasteiger partial charge on any atom is 0.341 e. The Bertz CT molecular complexity index is 424. The largest absolute Gasteiger partial charge is 0.462 e. The number of anilines is 2. The molecule has 0 fully saturated rings. The fraction of sp³-hybridized carbons (Fsp3) is 0.538. The Hall–Kier alpha value is -1.82. The van der Waals surface area contributed by atoms with E-state index in [1.165, 1.54) is 6.20 Å². The van der Waals surface area contributed by atoms with Crippen molar-refractivity contribution in [3.05, 3.63) is 17.8 Å². The van der Waals surface area contributed by atoms with Crippen molar-refractivity contribution in [2.75, 3.05) is 36.9 Å². The van der Waals surface area contributed by atoms with E-state index in [9.17, 15) is 4.79 Å². The molecule has 0 bridgehead atoms. The summed E-state index contributed by atoms with van der Waals surface area (Å²) in [4.78, 5) is 18.1. The summed E-state index contributed by atoms with van der Waals surface area (Å²) in [6.45, 7) is 5.42. The molecule has 0 spiro atoms. The minimum absolute atomic E-state index is 0.0974. The summed E-state index contributed by atoms with van der Waals surface area (Å²) in [5.74, 6) is 0.114. The van der Waals surface area contributed by atoms with Crippen molar-refractivity contribution >= 4 is 17.5 Å². The molecule has 6 nitrogen and oxygen atoms in total. The Balaban J connectivity index is 3.06. The van der Waals surface area contributed by atoms with Crippen LogP contribution in [-0.4, -0.2) is 42.4 Å². The van der Waals surface area contributed by atoms with E-state index >= 15 is 0 Å². The van der Waals surface area contributed by atoms with Crippen LogP contribution in [0.1, 0.15) is 30.6 Å². The van der Waals surface area contributed by atoms with E-state index in [1.807, 2.05) is 11.8 Å². The SMILES string of the molecule is CCOC(=O)c1cc(N)cnc1N(CC)CCCO. The molecular weight excluding hydrogens is 246 g/mol. The first-order valence-corrected chi connectivity index (χ1v) is 6.42. The van der Waals surface area contributed by atoms with Crippen LogP contribution >= 0.6 is 0 Å². The average molecular weight is 267 g/mol. The molecule has 1 aromatic rings. The minimum atomic E-state index is -0.431. The van der Waals surface area contributed by atoms with Crippen molar-refractivity contribution in [2.45, 2.75) is 20.3 Å². The van der Waals surface area contributed by atoms with E-state index in [-0.39, 0.29) is 6.61 Å². The van der Waals surface area contributed by atoms with Crippen LogP contribution in [0.15, 0.2) is 12.3 Å². The summed E-state index contributed by atoms with van der Waals surface area (Å²) in [7, 11) is 0. The van der Waals surface area contributed by atoms with Crippen molar-refractivity contribution < 1.29 is 14.6 Å². The molecule has 1 aromatic heterocycles. The molecule has 0 aliphatic carbocycles. The molecule has 3 N–H and O–H groups in total. The number of nitrogens with two attached hydrogens (primary N) is 1. The molecule has 0 aliphatic heterocycles. The Morgan fingerprint density at radius 1 is 1.53 bits per heavy atom. The first-order chi connectivity index (χ1) is 9.13. The summed E-state index contributed by atoms with van der Waals surface area (Å²) < 4.78 is 5.01. The molecular formula is C13H21N3O3. The Morgan fingerprint density at radius 2 is 2.26 bits per heavy atom. The topological polar surface area (TPSA) is 88.7 Å². The molecule has 106 valence electrons. The fourth-order valence-electron chi connectivity index (χ4n) is 1.76. The number of carbonyl (C=O) groups is 1. The van der Waals surface area contributed by atoms with Crippen LogP contribution in [-0.2, 0) is 4.74 Å². The molecule has 0 atom stereocenters. The van der Waals surface area contributed by atoms with Gasteiger partial charge in [0.05, 0.1) is 18.5 Å². The van der Waals surface area contributed by atoms with Crippen molar-refractivity contribution in [1.82, 2.24) is 4.98 Å². The second-order valence-corrected chi connectivity index (χ2v) is 4.02. The number of esters is 1. The zero-order valence-corrected chi connectivity index (χ0v) is 11.4. The molecule has 0 saturated carbocycles. The summed E-state index contributed by atoms with van der Waals surface area (Å²) >= 11 is 0. The average Bonchev–Trinajstić information content (AvgIpc) is 2.41. The van der Waals surface area contributed by atoms with Crippen LogP contribution < -0.4 is 10.6 Å². The van der Waals surface area contributed by atoms with Crippen LogP contribution in [0.4, 0.5) is 11.5 Å². The maximum absolute atomic E-state index is 11.9. The lowest BCUT2D eigenvalue weighted by Crippen LogP contribution is -2.28. The second kappa shape index (κ2) is 7.58. The van der Waals surface area contributed by atoms with Gasteiger partial charge in [-0.25, -0.2) is 9.78 Å². The van der Waals surface area contributed by atoms with Gasteiger partial charge in [0.25, 0.3) is 0 Å². The van der Waals surface area contributed by atoms with Crippen molar-refractivity contribution in [1.29, 1.82) is 0 Å². The molecule has 0 aromatic carbocycles. The van der Waals surface area contributed by atoms with Gasteiger partial charge in [0.1, 0.15) is 11.4 Å². The third-order valence-corrected chi connectivity index (χ3v) is 2.65. The number of rotatable bonds is 7. The number of nitrogens with zero attached hydrogens (tertiary/aromatic N) is 2. The van der Waals surface area contributed by atoms with Gasteiger partial charge in [-0.1, -0.05) is 0 Å². The van der Waals surface area contributed by atoms with Gasteiger partial charge in [-0.05, 0) is 26.3 Å². The standard InChI is InChI=1S/C13H21N3O3/c1-3-16(6-5-7-17)12-11(13(18)19-4-2)8-10(14)9-15-12/h8-9,17H,3-7,14H2,1-2H3. The number of ether oxygens (including phenoxy) is 1. The van der Waals surface area contributed by atoms with Crippen LogP contribution in [0.2, 0.25) is 0 Å². The van der Waals surface area contributed by atoms with Gasteiger partial charge >= 0.3 is 5.97 Å². The highest BCUT2D eigenvalue weighted by Crippen LogP contribution is 2.21. The summed E-state index contributed by atoms with van der Waals surface area (Å²) in [5.41, 5.74) is 6.46. The highest BCUT2D eigenvalue weighted by atomic mass is 16.5. The third-order valence-electron chi connectivity index (χ3n) is 2.65. The molecule has 19 heavy (non-hydrogen) atoms. The molecule has 0 amide bonds. The number of carbonyl (C=O) groups excluding carboxylic acids is 1. The first-order valence-electron chi connectivity index (χ1n) is 6.42. The van der Waals surface area contributed by atoms with Crippen molar-refractivity contribution in [3.63, 3.8) is 0 Å². The van der Waals surface area contributed by atoms with Gasteiger partial charge in [0.2, 0.25) is 0 Å². The number of aliphatic hydroxyl groups is 1. The monoisotopic (exact) mass is 267 g/mol. The molecule has 6 heteroatoms. The Kier molecular flexibility index (Phi) is 6.08. The number of hydrogen-bond donors (Lipinski definition) is 2. The highest BCUT2D eigenvalue weighted by molar-refractivity contribution is 5.95. The van der Waals surface area contributed by atoms with Gasteiger partial charge in [-0.15, -0.1) is 0 Å². The lowest BCUT2D eigenvalue weighted by atomic mass is 10.2. The second-order valence-electron chi connectivity index (χ2n) is 4.02. The molecule has 0 aliphatic rings. The predicted molar refractivity (Wildman–Crippen MR) is 74.2 cm³/mol. The van der Waals surface area contributed by atoms with E-state index < -0.39 is 5.97 Å². The Labute approximate surface area is 113 Å². The van der Waals surface area contributed by atoms with Crippen molar-refractivity contribution in [2.24, 2.45) is 0 Å². The van der Waals surface area contributed by atoms with E-state index in [1.54, 1.807) is 13.0 Å². The fourth-order valence-corrected chi connectivity index (χ4v) is 1.76. The van der Waals surface area contributed by atoms with E-state index in [4.69, 9.17) is 15.6 Å². The predicted octanol–water partition coefficient (Wildman–Crippen LogP) is 1.05. The Morgan fingerprint density at radius 3 is 2.84 bits per heavy atom. The zero-order valence-electron chi connectivity index (χ0n) is 11.4. The van der Waals surface area contributed by atoms with E-state index in [0.29, 0.717) is 43.2 Å². The molecule has 1 heterocycles. The lowest BCUT2D eigenvalue weighted by Gasteiger charge is -2.23. The number of aromatic nitrogens is 1. The summed E-state index contributed by atoms with van der Waals surface area (Å²) in [5, 5.41) is 8.91. The molecule has 0 saturated heterocycles. The zero-order chi connectivity index (χ0) is 14.3.